The second-order valence-electron chi connectivity index (χ2n) is 10.5. The van der Waals surface area contributed by atoms with E-state index < -0.39 is 10.0 Å². The van der Waals surface area contributed by atoms with Gasteiger partial charge in [-0.1, -0.05) is 12.5 Å². The summed E-state index contributed by atoms with van der Waals surface area (Å²) in [6, 6.07) is 5.90. The highest BCUT2D eigenvalue weighted by atomic mass is 32.2. The van der Waals surface area contributed by atoms with Crippen LogP contribution in [0.3, 0.4) is 0 Å². The summed E-state index contributed by atoms with van der Waals surface area (Å²) in [4.78, 5) is 13.3. The van der Waals surface area contributed by atoms with E-state index in [1.165, 1.54) is 43.2 Å². The lowest BCUT2D eigenvalue weighted by Crippen LogP contribution is -2.47. The SMILES string of the molecule is C[C@@H](NC(=O)C1CCN(S(=O)(=O)c2ccc3c(c2)CCCC3)CC1)[C@H]1C[C@H]2CC[C@H]1C2. The maximum atomic E-state index is 13.2. The average molecular weight is 445 g/mol. The molecule has 0 aromatic heterocycles. The van der Waals surface area contributed by atoms with Gasteiger partial charge < -0.3 is 5.32 Å². The highest BCUT2D eigenvalue weighted by molar-refractivity contribution is 7.89. The van der Waals surface area contributed by atoms with Gasteiger partial charge in [-0.2, -0.15) is 4.31 Å². The fourth-order valence-electron chi connectivity index (χ4n) is 6.73. The van der Waals surface area contributed by atoms with E-state index in [4.69, 9.17) is 0 Å². The third kappa shape index (κ3) is 4.18. The summed E-state index contributed by atoms with van der Waals surface area (Å²) in [6.45, 7) is 3.03. The first kappa shape index (κ1) is 21.4. The largest absolute Gasteiger partial charge is 0.353 e. The molecule has 5 nitrogen and oxygen atoms in total. The van der Waals surface area contributed by atoms with Crippen LogP contribution in [0.2, 0.25) is 0 Å². The van der Waals surface area contributed by atoms with Crippen molar-refractivity contribution in [2.75, 3.05) is 13.1 Å². The summed E-state index contributed by atoms with van der Waals surface area (Å²) in [6.07, 6.45) is 10.9. The molecule has 1 aliphatic heterocycles. The Morgan fingerprint density at radius 2 is 1.77 bits per heavy atom. The number of benzene rings is 1. The number of nitrogens with zero attached hydrogens (tertiary/aromatic N) is 1. The predicted molar refractivity (Wildman–Crippen MR) is 121 cm³/mol. The lowest BCUT2D eigenvalue weighted by atomic mass is 9.83. The second kappa shape index (κ2) is 8.51. The van der Waals surface area contributed by atoms with Gasteiger partial charge in [-0.3, -0.25) is 4.79 Å². The molecule has 1 N–H and O–H groups in total. The first-order valence-corrected chi connectivity index (χ1v) is 13.8. The lowest BCUT2D eigenvalue weighted by Gasteiger charge is -2.33. The fourth-order valence-corrected chi connectivity index (χ4v) is 8.25. The van der Waals surface area contributed by atoms with E-state index in [0.29, 0.717) is 36.7 Å². The van der Waals surface area contributed by atoms with Crippen molar-refractivity contribution in [3.8, 4) is 0 Å². The summed E-state index contributed by atoms with van der Waals surface area (Å²) in [5.41, 5.74) is 2.49. The number of sulfonamides is 1. The summed E-state index contributed by atoms with van der Waals surface area (Å²) in [5.74, 6) is 2.36. The molecule has 6 heteroatoms. The number of amides is 1. The maximum absolute atomic E-state index is 13.2. The molecule has 170 valence electrons. The summed E-state index contributed by atoms with van der Waals surface area (Å²) in [7, 11) is -3.48. The molecule has 1 saturated heterocycles. The average Bonchev–Trinajstić information content (AvgIpc) is 3.43. The van der Waals surface area contributed by atoms with Gasteiger partial charge >= 0.3 is 0 Å². The smallest absolute Gasteiger partial charge is 0.243 e. The number of nitrogens with one attached hydrogen (secondary N) is 1. The Bertz CT molecular complexity index is 936. The highest BCUT2D eigenvalue weighted by Crippen LogP contribution is 2.49. The normalized spacial score (nSPS) is 30.2. The topological polar surface area (TPSA) is 66.5 Å². The Kier molecular flexibility index (Phi) is 5.89. The Morgan fingerprint density at radius 3 is 2.45 bits per heavy atom. The van der Waals surface area contributed by atoms with Crippen LogP contribution < -0.4 is 5.32 Å². The van der Waals surface area contributed by atoms with Crippen LogP contribution in [-0.2, 0) is 27.7 Å². The van der Waals surface area contributed by atoms with Crippen LogP contribution in [-0.4, -0.2) is 37.8 Å². The van der Waals surface area contributed by atoms with Crippen molar-refractivity contribution >= 4 is 15.9 Å². The number of rotatable bonds is 5. The van der Waals surface area contributed by atoms with Gasteiger partial charge in [-0.15, -0.1) is 0 Å². The van der Waals surface area contributed by atoms with Crippen LogP contribution >= 0.6 is 0 Å². The molecule has 4 atom stereocenters. The van der Waals surface area contributed by atoms with Crippen LogP contribution in [0.25, 0.3) is 0 Å². The van der Waals surface area contributed by atoms with Crippen molar-refractivity contribution in [3.05, 3.63) is 29.3 Å². The Labute approximate surface area is 187 Å². The zero-order valence-corrected chi connectivity index (χ0v) is 19.5. The van der Waals surface area contributed by atoms with E-state index >= 15 is 0 Å². The van der Waals surface area contributed by atoms with E-state index in [-0.39, 0.29) is 17.9 Å². The predicted octanol–water partition coefficient (Wildman–Crippen LogP) is 3.91. The molecule has 2 bridgehead atoms. The number of aryl methyl sites for hydroxylation is 2. The number of fused-ring (bicyclic) bond motifs is 3. The molecule has 5 rings (SSSR count). The zero-order valence-electron chi connectivity index (χ0n) is 18.7. The standard InChI is InChI=1S/C25H36N2O3S/c1-17(24-15-18-6-7-22(24)14-18)26-25(28)20-10-12-27(13-11-20)31(29,30)23-9-8-19-4-2-3-5-21(19)16-23/h8-9,16-18,20,22,24H,2-7,10-15H2,1H3,(H,26,28)/t17-,18+,22+,24-/m1/s1. The van der Waals surface area contributed by atoms with Crippen molar-refractivity contribution in [1.82, 2.24) is 9.62 Å². The second-order valence-corrected chi connectivity index (χ2v) is 12.4. The third-order valence-corrected chi connectivity index (χ3v) is 10.5. The van der Waals surface area contributed by atoms with Gasteiger partial charge in [0.1, 0.15) is 0 Å². The molecular formula is C25H36N2O3S. The molecule has 1 heterocycles. The minimum absolute atomic E-state index is 0.0731. The van der Waals surface area contributed by atoms with Crippen LogP contribution in [0, 0.1) is 23.7 Å². The van der Waals surface area contributed by atoms with Gasteiger partial charge in [0.25, 0.3) is 0 Å². The monoisotopic (exact) mass is 444 g/mol. The molecule has 3 fully saturated rings. The lowest BCUT2D eigenvalue weighted by molar-refractivity contribution is -0.127. The molecule has 0 radical (unpaired) electrons. The minimum atomic E-state index is -3.48. The highest BCUT2D eigenvalue weighted by Gasteiger charge is 2.42. The van der Waals surface area contributed by atoms with Gasteiger partial charge in [0.2, 0.25) is 15.9 Å². The van der Waals surface area contributed by atoms with Gasteiger partial charge in [0, 0.05) is 25.0 Å². The van der Waals surface area contributed by atoms with Crippen LogP contribution in [0.4, 0.5) is 0 Å². The van der Waals surface area contributed by atoms with Gasteiger partial charge in [-0.25, -0.2) is 8.42 Å². The van der Waals surface area contributed by atoms with Crippen molar-refractivity contribution in [2.45, 2.75) is 82.1 Å². The number of carbonyl (C=O) groups is 1. The Balaban J connectivity index is 1.17. The molecule has 3 aliphatic carbocycles. The molecule has 2 saturated carbocycles. The van der Waals surface area contributed by atoms with Gasteiger partial charge in [-0.05, 0) is 106 Å². The number of hydrogen-bond donors (Lipinski definition) is 1. The van der Waals surface area contributed by atoms with Crippen molar-refractivity contribution < 1.29 is 13.2 Å². The molecule has 1 amide bonds. The van der Waals surface area contributed by atoms with Gasteiger partial charge in [0.05, 0.1) is 4.90 Å². The van der Waals surface area contributed by atoms with Crippen molar-refractivity contribution in [1.29, 1.82) is 0 Å². The minimum Gasteiger partial charge on any atom is -0.353 e. The molecular weight excluding hydrogens is 408 g/mol. The van der Waals surface area contributed by atoms with E-state index in [2.05, 4.69) is 12.2 Å². The summed E-state index contributed by atoms with van der Waals surface area (Å²) < 4.78 is 28.0. The van der Waals surface area contributed by atoms with Crippen LogP contribution in [0.15, 0.2) is 23.1 Å². The van der Waals surface area contributed by atoms with E-state index in [9.17, 15) is 13.2 Å². The van der Waals surface area contributed by atoms with Crippen LogP contribution in [0.5, 0.6) is 0 Å². The van der Waals surface area contributed by atoms with Crippen molar-refractivity contribution in [2.24, 2.45) is 23.7 Å². The van der Waals surface area contributed by atoms with Gasteiger partial charge in [0.15, 0.2) is 0 Å². The van der Waals surface area contributed by atoms with E-state index in [1.54, 1.807) is 10.4 Å². The van der Waals surface area contributed by atoms with Crippen LogP contribution in [0.1, 0.15) is 69.4 Å². The maximum Gasteiger partial charge on any atom is 0.243 e. The molecule has 0 unspecified atom stereocenters. The Morgan fingerprint density at radius 1 is 1.03 bits per heavy atom. The fraction of sp³-hybridized carbons (Fsp3) is 0.720. The zero-order chi connectivity index (χ0) is 21.6. The van der Waals surface area contributed by atoms with E-state index in [1.807, 2.05) is 12.1 Å². The number of piperidine rings is 1. The molecule has 1 aromatic carbocycles. The van der Waals surface area contributed by atoms with Crippen molar-refractivity contribution in [3.63, 3.8) is 0 Å². The number of hydrogen-bond acceptors (Lipinski definition) is 3. The quantitative estimate of drug-likeness (QED) is 0.749. The molecule has 4 aliphatic rings. The number of carbonyl (C=O) groups excluding carboxylic acids is 1. The molecule has 31 heavy (non-hydrogen) atoms. The molecule has 0 spiro atoms. The van der Waals surface area contributed by atoms with E-state index in [0.717, 1.165) is 31.1 Å². The first-order chi connectivity index (χ1) is 14.9. The molecule has 1 aromatic rings. The third-order valence-electron chi connectivity index (χ3n) is 8.59. The summed E-state index contributed by atoms with van der Waals surface area (Å²) in [5, 5.41) is 3.29. The first-order valence-electron chi connectivity index (χ1n) is 12.3. The summed E-state index contributed by atoms with van der Waals surface area (Å²) >= 11 is 0. The Hall–Kier alpha value is -1.40.